The SMILES string of the molecule is Cc1ccc(COc2nc(C(F)(F)F)ccc2CNC(=O)C(C)c2ccc(N(C)S(=O)O)c(F)c2)cc1. The third-order valence-corrected chi connectivity index (χ3v) is 6.28. The molecule has 0 radical (unpaired) electrons. The van der Waals surface area contributed by atoms with E-state index in [1.54, 1.807) is 12.1 Å². The number of aromatic nitrogens is 1. The van der Waals surface area contributed by atoms with Crippen molar-refractivity contribution in [1.29, 1.82) is 0 Å². The van der Waals surface area contributed by atoms with Crippen LogP contribution in [0.3, 0.4) is 0 Å². The number of nitrogens with zero attached hydrogens (tertiary/aromatic N) is 2. The van der Waals surface area contributed by atoms with Crippen molar-refractivity contribution in [2.45, 2.75) is 39.1 Å². The lowest BCUT2D eigenvalue weighted by molar-refractivity contribution is -0.141. The molecule has 0 aliphatic carbocycles. The molecule has 12 heteroatoms. The molecule has 0 bridgehead atoms. The number of rotatable bonds is 9. The molecule has 3 aromatic rings. The summed E-state index contributed by atoms with van der Waals surface area (Å²) in [6.45, 7) is 3.23. The van der Waals surface area contributed by atoms with Crippen LogP contribution >= 0.6 is 0 Å². The van der Waals surface area contributed by atoms with Crippen LogP contribution in [0.1, 0.15) is 40.8 Å². The molecule has 2 atom stereocenters. The second-order valence-electron chi connectivity index (χ2n) is 8.31. The molecule has 2 N–H and O–H groups in total. The standard InChI is InChI=1S/C25H25F4N3O4S/c1-15-4-6-17(7-5-15)14-36-24-19(9-11-22(31-24)25(27,28)29)13-30-23(33)16(2)18-8-10-21(20(26)12-18)32(3)37(34)35/h4-12,16H,13-14H2,1-3H3,(H,30,33)(H,34,35). The maximum absolute atomic E-state index is 14.4. The predicted molar refractivity (Wildman–Crippen MR) is 131 cm³/mol. The van der Waals surface area contributed by atoms with Gasteiger partial charge >= 0.3 is 6.18 Å². The van der Waals surface area contributed by atoms with Gasteiger partial charge in [0.1, 0.15) is 18.1 Å². The highest BCUT2D eigenvalue weighted by molar-refractivity contribution is 7.80. The van der Waals surface area contributed by atoms with Crippen molar-refractivity contribution in [3.63, 3.8) is 0 Å². The van der Waals surface area contributed by atoms with Crippen LogP contribution < -0.4 is 14.4 Å². The highest BCUT2D eigenvalue weighted by atomic mass is 32.2. The zero-order chi connectivity index (χ0) is 27.3. The lowest BCUT2D eigenvalue weighted by atomic mass is 9.99. The van der Waals surface area contributed by atoms with E-state index in [0.29, 0.717) is 5.56 Å². The third-order valence-electron chi connectivity index (χ3n) is 5.62. The number of hydrogen-bond donors (Lipinski definition) is 2. The van der Waals surface area contributed by atoms with Crippen molar-refractivity contribution in [3.8, 4) is 5.88 Å². The number of anilines is 1. The topological polar surface area (TPSA) is 91.8 Å². The number of halogens is 4. The van der Waals surface area contributed by atoms with Crippen molar-refractivity contribution in [2.75, 3.05) is 11.4 Å². The first-order chi connectivity index (χ1) is 17.4. The molecule has 0 saturated heterocycles. The van der Waals surface area contributed by atoms with E-state index < -0.39 is 40.8 Å². The average molecular weight is 540 g/mol. The minimum absolute atomic E-state index is 0.0232. The van der Waals surface area contributed by atoms with Crippen molar-refractivity contribution >= 4 is 22.9 Å². The van der Waals surface area contributed by atoms with Crippen LogP contribution in [0, 0.1) is 12.7 Å². The van der Waals surface area contributed by atoms with Gasteiger partial charge in [0.25, 0.3) is 11.3 Å². The normalized spacial score (nSPS) is 13.1. The zero-order valence-electron chi connectivity index (χ0n) is 20.2. The fourth-order valence-corrected chi connectivity index (χ4v) is 3.66. The van der Waals surface area contributed by atoms with E-state index in [1.165, 1.54) is 32.2 Å². The summed E-state index contributed by atoms with van der Waals surface area (Å²) < 4.78 is 80.8. The molecular formula is C25H25F4N3O4S. The summed E-state index contributed by atoms with van der Waals surface area (Å²) in [5.41, 5.74) is 1.03. The molecule has 2 unspecified atom stereocenters. The molecule has 0 saturated carbocycles. The molecule has 0 aliphatic rings. The number of alkyl halides is 3. The summed E-state index contributed by atoms with van der Waals surface area (Å²) in [6, 6.07) is 13.1. The Balaban J connectivity index is 1.74. The second-order valence-corrected chi connectivity index (χ2v) is 9.32. The van der Waals surface area contributed by atoms with Crippen LogP contribution in [-0.4, -0.2) is 26.7 Å². The van der Waals surface area contributed by atoms with Crippen molar-refractivity contribution < 1.29 is 35.9 Å². The summed E-state index contributed by atoms with van der Waals surface area (Å²) in [5, 5.41) is 2.61. The van der Waals surface area contributed by atoms with E-state index in [0.717, 1.165) is 27.6 Å². The number of nitrogens with one attached hydrogen (secondary N) is 1. The average Bonchev–Trinajstić information content (AvgIpc) is 2.85. The Labute approximate surface area is 213 Å². The Bertz CT molecular complexity index is 1290. The van der Waals surface area contributed by atoms with E-state index >= 15 is 0 Å². The second kappa shape index (κ2) is 11.7. The predicted octanol–water partition coefficient (Wildman–Crippen LogP) is 5.12. The Morgan fingerprint density at radius 2 is 1.84 bits per heavy atom. The van der Waals surface area contributed by atoms with Crippen molar-refractivity contribution in [3.05, 3.63) is 88.4 Å². The van der Waals surface area contributed by atoms with E-state index in [4.69, 9.17) is 9.29 Å². The fourth-order valence-electron chi connectivity index (χ4n) is 3.34. The Morgan fingerprint density at radius 3 is 2.43 bits per heavy atom. The van der Waals surface area contributed by atoms with Gasteiger partial charge in [0.15, 0.2) is 0 Å². The first-order valence-electron chi connectivity index (χ1n) is 11.0. The maximum atomic E-state index is 14.4. The summed E-state index contributed by atoms with van der Waals surface area (Å²) in [7, 11) is 1.24. The molecule has 1 amide bonds. The van der Waals surface area contributed by atoms with Crippen LogP contribution in [0.25, 0.3) is 0 Å². The van der Waals surface area contributed by atoms with Gasteiger partial charge < -0.3 is 10.1 Å². The van der Waals surface area contributed by atoms with E-state index in [-0.39, 0.29) is 30.3 Å². The number of ether oxygens (including phenoxy) is 1. The van der Waals surface area contributed by atoms with Crippen LogP contribution in [0.4, 0.5) is 23.2 Å². The van der Waals surface area contributed by atoms with Gasteiger partial charge in [0, 0.05) is 19.2 Å². The molecule has 1 heterocycles. The maximum Gasteiger partial charge on any atom is 0.433 e. The van der Waals surface area contributed by atoms with E-state index in [9.17, 15) is 26.6 Å². The highest BCUT2D eigenvalue weighted by Crippen LogP contribution is 2.31. The highest BCUT2D eigenvalue weighted by Gasteiger charge is 2.33. The lowest BCUT2D eigenvalue weighted by Crippen LogP contribution is -2.28. The first kappa shape index (κ1) is 28.1. The molecule has 37 heavy (non-hydrogen) atoms. The minimum Gasteiger partial charge on any atom is -0.473 e. The van der Waals surface area contributed by atoms with E-state index in [1.807, 2.05) is 19.1 Å². The third kappa shape index (κ3) is 7.26. The van der Waals surface area contributed by atoms with Crippen molar-refractivity contribution in [2.24, 2.45) is 0 Å². The molecule has 0 spiro atoms. The number of benzene rings is 2. The monoisotopic (exact) mass is 539 g/mol. The summed E-state index contributed by atoms with van der Waals surface area (Å²) in [6.07, 6.45) is -4.68. The number of amides is 1. The van der Waals surface area contributed by atoms with E-state index in [2.05, 4.69) is 10.3 Å². The number of aryl methyl sites for hydroxylation is 1. The molecule has 198 valence electrons. The number of pyridine rings is 1. The minimum atomic E-state index is -4.68. The number of carbonyl (C=O) groups excluding carboxylic acids is 1. The summed E-state index contributed by atoms with van der Waals surface area (Å²) in [4.78, 5) is 16.3. The first-order valence-corrected chi connectivity index (χ1v) is 12.1. The Hall–Kier alpha value is -3.51. The molecule has 7 nitrogen and oxygen atoms in total. The summed E-state index contributed by atoms with van der Waals surface area (Å²) in [5.74, 6) is -2.40. The Kier molecular flexibility index (Phi) is 8.87. The molecule has 1 aromatic heterocycles. The zero-order valence-corrected chi connectivity index (χ0v) is 21.0. The number of hydrogen-bond acceptors (Lipinski definition) is 4. The van der Waals surface area contributed by atoms with Gasteiger partial charge in [0.05, 0.1) is 11.6 Å². The molecule has 2 aromatic carbocycles. The van der Waals surface area contributed by atoms with Crippen LogP contribution in [-0.2, 0) is 35.4 Å². The van der Waals surface area contributed by atoms with Gasteiger partial charge in [-0.05, 0) is 49.2 Å². The smallest absolute Gasteiger partial charge is 0.433 e. The number of carbonyl (C=O) groups is 1. The van der Waals surface area contributed by atoms with Crippen LogP contribution in [0.2, 0.25) is 0 Å². The van der Waals surface area contributed by atoms with Gasteiger partial charge in [-0.2, -0.15) is 13.2 Å². The lowest BCUT2D eigenvalue weighted by Gasteiger charge is -2.18. The van der Waals surface area contributed by atoms with Crippen molar-refractivity contribution in [1.82, 2.24) is 10.3 Å². The van der Waals surface area contributed by atoms with Gasteiger partial charge in [-0.1, -0.05) is 35.9 Å². The quantitative estimate of drug-likeness (QED) is 0.291. The van der Waals surface area contributed by atoms with Crippen LogP contribution in [0.15, 0.2) is 54.6 Å². The largest absolute Gasteiger partial charge is 0.473 e. The fraction of sp³-hybridized carbons (Fsp3) is 0.280. The van der Waals surface area contributed by atoms with Crippen LogP contribution in [0.5, 0.6) is 5.88 Å². The molecule has 0 aliphatic heterocycles. The summed E-state index contributed by atoms with van der Waals surface area (Å²) >= 11 is -2.42. The molecule has 3 rings (SSSR count). The Morgan fingerprint density at radius 1 is 1.16 bits per heavy atom. The van der Waals surface area contributed by atoms with Gasteiger partial charge in [0.2, 0.25) is 11.8 Å². The van der Waals surface area contributed by atoms with Gasteiger partial charge in [-0.25, -0.2) is 13.6 Å². The van der Waals surface area contributed by atoms with Gasteiger partial charge in [-0.15, -0.1) is 0 Å². The molecule has 0 fully saturated rings. The van der Waals surface area contributed by atoms with Gasteiger partial charge in [-0.3, -0.25) is 13.7 Å². The molecular weight excluding hydrogens is 514 g/mol.